The normalized spacial score (nSPS) is 23.6. The van der Waals surface area contributed by atoms with Crippen molar-refractivity contribution in [2.24, 2.45) is 17.8 Å². The summed E-state index contributed by atoms with van der Waals surface area (Å²) in [7, 11) is 0. The van der Waals surface area contributed by atoms with Crippen molar-refractivity contribution in [3.8, 4) is 0 Å². The molecule has 0 amide bonds. The van der Waals surface area contributed by atoms with E-state index in [0.29, 0.717) is 5.92 Å². The van der Waals surface area contributed by atoms with Gasteiger partial charge in [-0.1, -0.05) is 48.5 Å². The van der Waals surface area contributed by atoms with Crippen molar-refractivity contribution in [1.82, 2.24) is 10.2 Å². The lowest BCUT2D eigenvalue weighted by Gasteiger charge is -2.33. The molecule has 1 N–H and O–H groups in total. The summed E-state index contributed by atoms with van der Waals surface area (Å²) in [4.78, 5) is 2.57. The number of halogens is 2. The molecule has 1 unspecified atom stereocenters. The summed E-state index contributed by atoms with van der Waals surface area (Å²) >= 11 is 0. The van der Waals surface area contributed by atoms with Crippen LogP contribution in [0.15, 0.2) is 0 Å². The van der Waals surface area contributed by atoms with E-state index in [1.165, 1.54) is 25.9 Å². The second kappa shape index (κ2) is 14.9. The summed E-state index contributed by atoms with van der Waals surface area (Å²) in [6, 6.07) is 0.757. The van der Waals surface area contributed by atoms with Gasteiger partial charge in [0.05, 0.1) is 6.54 Å². The minimum atomic E-state index is -2.48. The van der Waals surface area contributed by atoms with Gasteiger partial charge in [-0.2, -0.15) is 0 Å². The van der Waals surface area contributed by atoms with Crippen LogP contribution < -0.4 is 5.32 Å². The molecule has 4 heteroatoms. The van der Waals surface area contributed by atoms with E-state index in [-0.39, 0.29) is 18.9 Å². The summed E-state index contributed by atoms with van der Waals surface area (Å²) in [5, 5.41) is 2.76. The second-order valence-electron chi connectivity index (χ2n) is 7.51. The summed E-state index contributed by atoms with van der Waals surface area (Å²) < 4.78 is 25.5. The van der Waals surface area contributed by atoms with Gasteiger partial charge in [-0.3, -0.25) is 0 Å². The maximum Gasteiger partial charge on any atom is 0.260 e. The summed E-state index contributed by atoms with van der Waals surface area (Å²) in [5.41, 5.74) is 0. The molecule has 2 nitrogen and oxygen atoms in total. The Hall–Kier alpha value is -0.220. The van der Waals surface area contributed by atoms with Gasteiger partial charge in [0.25, 0.3) is 5.92 Å². The number of alkyl halides is 2. The first-order chi connectivity index (χ1) is 11.7. The highest BCUT2D eigenvalue weighted by molar-refractivity contribution is 4.82. The lowest BCUT2D eigenvalue weighted by atomic mass is 9.87. The largest absolute Gasteiger partial charge is 0.311 e. The summed E-state index contributed by atoms with van der Waals surface area (Å²) in [6.45, 7) is 22.2. The van der Waals surface area contributed by atoms with Gasteiger partial charge in [0.2, 0.25) is 0 Å². The third-order valence-electron chi connectivity index (χ3n) is 4.84. The van der Waals surface area contributed by atoms with Crippen LogP contribution in [0.25, 0.3) is 0 Å². The van der Waals surface area contributed by atoms with E-state index in [2.05, 4.69) is 31.0 Å². The number of nitrogens with one attached hydrogen (secondary N) is 1. The molecule has 25 heavy (non-hydrogen) atoms. The van der Waals surface area contributed by atoms with Gasteiger partial charge >= 0.3 is 0 Å². The summed E-state index contributed by atoms with van der Waals surface area (Å²) in [6.07, 6.45) is 2.86. The molecule has 2 saturated heterocycles. The molecule has 0 spiro atoms. The SMILES string of the molecule is CC.CC.CC(C)C1CNCC(F)(F)C1.CC1CCN(C(C)C)CC1. The third-order valence-corrected chi connectivity index (χ3v) is 4.84. The van der Waals surface area contributed by atoms with Crippen molar-refractivity contribution >= 4 is 0 Å². The molecule has 0 aromatic rings. The van der Waals surface area contributed by atoms with Crippen molar-refractivity contribution in [1.29, 1.82) is 0 Å². The lowest BCUT2D eigenvalue weighted by Crippen LogP contribution is -2.45. The van der Waals surface area contributed by atoms with E-state index in [4.69, 9.17) is 0 Å². The highest BCUT2D eigenvalue weighted by Gasteiger charge is 2.36. The Morgan fingerprint density at radius 1 is 0.960 bits per heavy atom. The minimum Gasteiger partial charge on any atom is -0.311 e. The van der Waals surface area contributed by atoms with E-state index in [9.17, 15) is 8.78 Å². The van der Waals surface area contributed by atoms with Crippen molar-refractivity contribution < 1.29 is 8.78 Å². The highest BCUT2D eigenvalue weighted by Crippen LogP contribution is 2.29. The van der Waals surface area contributed by atoms with Crippen molar-refractivity contribution in [2.45, 2.75) is 93.5 Å². The fourth-order valence-electron chi connectivity index (χ4n) is 2.98. The molecule has 1 atom stereocenters. The predicted molar refractivity (Wildman–Crippen MR) is 109 cm³/mol. The fraction of sp³-hybridized carbons (Fsp3) is 1.00. The maximum absolute atomic E-state index is 12.8. The molecule has 2 aliphatic heterocycles. The molecule has 0 aromatic heterocycles. The Bertz CT molecular complexity index is 286. The van der Waals surface area contributed by atoms with E-state index >= 15 is 0 Å². The Kier molecular flexibility index (Phi) is 16.1. The van der Waals surface area contributed by atoms with Crippen LogP contribution in [0.1, 0.15) is 81.6 Å². The number of likely N-dealkylation sites (tertiary alicyclic amines) is 1. The first-order valence-electron chi connectivity index (χ1n) is 10.5. The van der Waals surface area contributed by atoms with Crippen LogP contribution in [0.4, 0.5) is 8.78 Å². The number of rotatable bonds is 2. The topological polar surface area (TPSA) is 15.3 Å². The first kappa shape index (κ1) is 27.0. The van der Waals surface area contributed by atoms with E-state index < -0.39 is 5.92 Å². The molecular weight excluding hydrogens is 318 g/mol. The molecule has 2 aliphatic rings. The van der Waals surface area contributed by atoms with Gasteiger partial charge in [-0.05, 0) is 64.1 Å². The highest BCUT2D eigenvalue weighted by atomic mass is 19.3. The molecule has 0 saturated carbocycles. The fourth-order valence-corrected chi connectivity index (χ4v) is 2.98. The van der Waals surface area contributed by atoms with E-state index in [0.717, 1.165) is 18.5 Å². The number of hydrogen-bond donors (Lipinski definition) is 1. The van der Waals surface area contributed by atoms with Crippen LogP contribution in [-0.4, -0.2) is 43.0 Å². The van der Waals surface area contributed by atoms with Crippen LogP contribution >= 0.6 is 0 Å². The molecule has 2 fully saturated rings. The van der Waals surface area contributed by atoms with Gasteiger partial charge in [0.1, 0.15) is 0 Å². The summed E-state index contributed by atoms with van der Waals surface area (Å²) in [5.74, 6) is -1.02. The van der Waals surface area contributed by atoms with Crippen LogP contribution in [0.2, 0.25) is 0 Å². The van der Waals surface area contributed by atoms with Crippen molar-refractivity contribution in [3.05, 3.63) is 0 Å². The average molecular weight is 365 g/mol. The van der Waals surface area contributed by atoms with Crippen LogP contribution in [0.5, 0.6) is 0 Å². The Labute approximate surface area is 157 Å². The standard InChI is InChI=1S/C9H19N.C8H15F2N.2C2H6/c1-8(2)10-6-4-9(3)5-7-10;1-6(2)7-3-8(9,10)5-11-4-7;2*1-2/h8-9H,4-7H2,1-3H3;6-7,11H,3-5H2,1-2H3;2*1-2H3. The Morgan fingerprint density at radius 2 is 1.44 bits per heavy atom. The first-order valence-corrected chi connectivity index (χ1v) is 10.5. The van der Waals surface area contributed by atoms with E-state index in [1.807, 2.05) is 41.5 Å². The molecule has 0 aliphatic carbocycles. The molecule has 154 valence electrons. The zero-order valence-electron chi connectivity index (χ0n) is 18.5. The molecule has 0 aromatic carbocycles. The zero-order valence-corrected chi connectivity index (χ0v) is 18.5. The van der Waals surface area contributed by atoms with E-state index in [1.54, 1.807) is 0 Å². The van der Waals surface area contributed by atoms with Gasteiger partial charge in [-0.15, -0.1) is 0 Å². The van der Waals surface area contributed by atoms with Gasteiger partial charge in [0, 0.05) is 12.5 Å². The Morgan fingerprint density at radius 3 is 1.76 bits per heavy atom. The zero-order chi connectivity index (χ0) is 20.0. The number of hydrogen-bond acceptors (Lipinski definition) is 2. The van der Waals surface area contributed by atoms with Crippen LogP contribution in [-0.2, 0) is 0 Å². The molecular formula is C21H46F2N2. The molecule has 2 heterocycles. The quantitative estimate of drug-likeness (QED) is 0.640. The predicted octanol–water partition coefficient (Wildman–Crippen LogP) is 6.07. The Balaban J connectivity index is 0. The monoisotopic (exact) mass is 364 g/mol. The molecule has 2 rings (SSSR count). The van der Waals surface area contributed by atoms with Gasteiger partial charge in [-0.25, -0.2) is 8.78 Å². The van der Waals surface area contributed by atoms with Crippen molar-refractivity contribution in [2.75, 3.05) is 26.2 Å². The van der Waals surface area contributed by atoms with Gasteiger partial charge < -0.3 is 10.2 Å². The number of piperidine rings is 2. The minimum absolute atomic E-state index is 0.0532. The average Bonchev–Trinajstić information content (AvgIpc) is 2.58. The van der Waals surface area contributed by atoms with Gasteiger partial charge in [0.15, 0.2) is 0 Å². The lowest BCUT2D eigenvalue weighted by molar-refractivity contribution is -0.0463. The molecule has 0 radical (unpaired) electrons. The maximum atomic E-state index is 12.8. The number of nitrogens with zero attached hydrogens (tertiary/aromatic N) is 1. The van der Waals surface area contributed by atoms with Crippen LogP contribution in [0, 0.1) is 17.8 Å². The third kappa shape index (κ3) is 12.7. The smallest absolute Gasteiger partial charge is 0.260 e. The van der Waals surface area contributed by atoms with Crippen LogP contribution in [0.3, 0.4) is 0 Å². The molecule has 0 bridgehead atoms. The second-order valence-corrected chi connectivity index (χ2v) is 7.51. The van der Waals surface area contributed by atoms with Crippen molar-refractivity contribution in [3.63, 3.8) is 0 Å².